The first kappa shape index (κ1) is 9.26. The molecule has 1 atom stereocenters. The molecule has 0 amide bonds. The number of allylic oxidation sites excluding steroid dienone is 1. The lowest BCUT2D eigenvalue weighted by Gasteiger charge is -2.16. The number of hydrogen-bond donors (Lipinski definition) is 1. The zero-order valence-electron chi connectivity index (χ0n) is 7.83. The average Bonchev–Trinajstić information content (AvgIpc) is 2.47. The molecule has 68 valence electrons. The number of rotatable bonds is 1. The quantitative estimate of drug-likeness (QED) is 0.459. The standard InChI is InChI=1S/C9H17N3/c1-3-4-9(11-2)12-6-5-8(10)7-12/h3-4,8H,5-7,10H2,1-2H3. The van der Waals surface area contributed by atoms with Crippen molar-refractivity contribution in [3.05, 3.63) is 12.2 Å². The Labute approximate surface area is 74.0 Å². The predicted molar refractivity (Wildman–Crippen MR) is 52.3 cm³/mol. The molecule has 0 saturated carbocycles. The summed E-state index contributed by atoms with van der Waals surface area (Å²) in [5, 5.41) is 0. The van der Waals surface area contributed by atoms with Crippen molar-refractivity contribution in [2.45, 2.75) is 19.4 Å². The Morgan fingerprint density at radius 2 is 2.42 bits per heavy atom. The van der Waals surface area contributed by atoms with Gasteiger partial charge in [0, 0.05) is 26.2 Å². The van der Waals surface area contributed by atoms with E-state index in [1.807, 2.05) is 26.1 Å². The Kier molecular flexibility index (Phi) is 3.29. The molecule has 1 unspecified atom stereocenters. The summed E-state index contributed by atoms with van der Waals surface area (Å²) in [4.78, 5) is 6.42. The molecule has 3 heteroatoms. The molecule has 0 aromatic rings. The minimum atomic E-state index is 0.326. The van der Waals surface area contributed by atoms with Gasteiger partial charge in [-0.3, -0.25) is 4.99 Å². The first-order chi connectivity index (χ1) is 5.77. The molecule has 0 spiro atoms. The van der Waals surface area contributed by atoms with Crippen LogP contribution in [0.2, 0.25) is 0 Å². The largest absolute Gasteiger partial charge is 0.355 e. The molecule has 1 aliphatic rings. The van der Waals surface area contributed by atoms with E-state index in [0.29, 0.717) is 6.04 Å². The van der Waals surface area contributed by atoms with Gasteiger partial charge in [0.25, 0.3) is 0 Å². The summed E-state index contributed by atoms with van der Waals surface area (Å²) in [7, 11) is 1.82. The molecule has 3 nitrogen and oxygen atoms in total. The minimum Gasteiger partial charge on any atom is -0.355 e. The maximum atomic E-state index is 5.79. The predicted octanol–water partition coefficient (Wildman–Crippen LogP) is 0.624. The van der Waals surface area contributed by atoms with Crippen molar-refractivity contribution in [3.8, 4) is 0 Å². The van der Waals surface area contributed by atoms with E-state index in [1.165, 1.54) is 0 Å². The Hall–Kier alpha value is -0.830. The van der Waals surface area contributed by atoms with E-state index in [1.54, 1.807) is 0 Å². The number of hydrogen-bond acceptors (Lipinski definition) is 2. The lowest BCUT2D eigenvalue weighted by Crippen LogP contribution is -2.30. The van der Waals surface area contributed by atoms with Gasteiger partial charge in [-0.15, -0.1) is 0 Å². The van der Waals surface area contributed by atoms with Crippen LogP contribution in [0.4, 0.5) is 0 Å². The highest BCUT2D eigenvalue weighted by Gasteiger charge is 2.19. The van der Waals surface area contributed by atoms with E-state index in [9.17, 15) is 0 Å². The first-order valence-electron chi connectivity index (χ1n) is 4.38. The topological polar surface area (TPSA) is 41.6 Å². The van der Waals surface area contributed by atoms with Crippen LogP contribution in [0, 0.1) is 0 Å². The fraction of sp³-hybridized carbons (Fsp3) is 0.667. The summed E-state index contributed by atoms with van der Waals surface area (Å²) in [6.45, 7) is 3.98. The molecular weight excluding hydrogens is 150 g/mol. The van der Waals surface area contributed by atoms with Gasteiger partial charge in [0.1, 0.15) is 5.84 Å². The van der Waals surface area contributed by atoms with E-state index >= 15 is 0 Å². The Morgan fingerprint density at radius 1 is 1.67 bits per heavy atom. The average molecular weight is 167 g/mol. The molecule has 1 aliphatic heterocycles. The molecule has 1 heterocycles. The van der Waals surface area contributed by atoms with Crippen molar-refractivity contribution < 1.29 is 0 Å². The monoisotopic (exact) mass is 167 g/mol. The van der Waals surface area contributed by atoms with Gasteiger partial charge >= 0.3 is 0 Å². The molecule has 1 rings (SSSR count). The Bertz CT molecular complexity index is 196. The van der Waals surface area contributed by atoms with Gasteiger partial charge in [-0.2, -0.15) is 0 Å². The van der Waals surface area contributed by atoms with Crippen molar-refractivity contribution in [1.29, 1.82) is 0 Å². The zero-order chi connectivity index (χ0) is 8.97. The van der Waals surface area contributed by atoms with Crippen molar-refractivity contribution in [2.75, 3.05) is 20.1 Å². The molecule has 12 heavy (non-hydrogen) atoms. The van der Waals surface area contributed by atoms with Crippen LogP contribution in [0.25, 0.3) is 0 Å². The molecular formula is C9H17N3. The second kappa shape index (κ2) is 4.26. The van der Waals surface area contributed by atoms with Gasteiger partial charge in [0.15, 0.2) is 0 Å². The van der Waals surface area contributed by atoms with Crippen LogP contribution in [-0.2, 0) is 0 Å². The molecule has 0 radical (unpaired) electrons. The van der Waals surface area contributed by atoms with Crippen molar-refractivity contribution in [2.24, 2.45) is 10.7 Å². The molecule has 1 fully saturated rings. The van der Waals surface area contributed by atoms with Gasteiger partial charge in [-0.05, 0) is 19.4 Å². The van der Waals surface area contributed by atoms with Gasteiger partial charge < -0.3 is 10.6 Å². The second-order valence-electron chi connectivity index (χ2n) is 3.08. The number of aliphatic imine (C=N–C) groups is 1. The molecule has 1 saturated heterocycles. The maximum absolute atomic E-state index is 5.79. The molecule has 2 N–H and O–H groups in total. The zero-order valence-corrected chi connectivity index (χ0v) is 7.83. The molecule has 0 aromatic heterocycles. The summed E-state index contributed by atoms with van der Waals surface area (Å²) in [6.07, 6.45) is 5.11. The molecule has 0 aromatic carbocycles. The fourth-order valence-electron chi connectivity index (χ4n) is 1.47. The van der Waals surface area contributed by atoms with Crippen LogP contribution in [0.15, 0.2) is 17.1 Å². The van der Waals surface area contributed by atoms with Crippen LogP contribution >= 0.6 is 0 Å². The van der Waals surface area contributed by atoms with Crippen LogP contribution in [0.1, 0.15) is 13.3 Å². The first-order valence-corrected chi connectivity index (χ1v) is 4.38. The van der Waals surface area contributed by atoms with Crippen LogP contribution in [-0.4, -0.2) is 36.9 Å². The van der Waals surface area contributed by atoms with Gasteiger partial charge in [-0.25, -0.2) is 0 Å². The molecule has 0 aliphatic carbocycles. The van der Waals surface area contributed by atoms with Gasteiger partial charge in [0.2, 0.25) is 0 Å². The highest BCUT2D eigenvalue weighted by Crippen LogP contribution is 2.08. The van der Waals surface area contributed by atoms with Crippen molar-refractivity contribution in [3.63, 3.8) is 0 Å². The number of amidine groups is 1. The smallest absolute Gasteiger partial charge is 0.122 e. The Balaban J connectivity index is 2.56. The third-order valence-corrected chi connectivity index (χ3v) is 2.09. The van der Waals surface area contributed by atoms with E-state index in [4.69, 9.17) is 5.73 Å². The SMILES string of the molecule is CC=CC(=NC)N1CCC(N)C1. The highest BCUT2D eigenvalue weighted by molar-refractivity contribution is 5.93. The minimum absolute atomic E-state index is 0.326. The number of likely N-dealkylation sites (tertiary alicyclic amines) is 1. The summed E-state index contributed by atoms with van der Waals surface area (Å²) >= 11 is 0. The second-order valence-corrected chi connectivity index (χ2v) is 3.08. The highest BCUT2D eigenvalue weighted by atomic mass is 15.2. The lowest BCUT2D eigenvalue weighted by molar-refractivity contribution is 0.511. The van der Waals surface area contributed by atoms with E-state index in [2.05, 4.69) is 9.89 Å². The number of nitrogens with two attached hydrogens (primary N) is 1. The van der Waals surface area contributed by atoms with E-state index < -0.39 is 0 Å². The molecule has 0 bridgehead atoms. The van der Waals surface area contributed by atoms with Crippen molar-refractivity contribution in [1.82, 2.24) is 4.90 Å². The number of nitrogens with zero attached hydrogens (tertiary/aromatic N) is 2. The van der Waals surface area contributed by atoms with E-state index in [-0.39, 0.29) is 0 Å². The van der Waals surface area contributed by atoms with Crippen molar-refractivity contribution >= 4 is 5.84 Å². The third-order valence-electron chi connectivity index (χ3n) is 2.09. The summed E-state index contributed by atoms with van der Waals surface area (Å²) in [5.74, 6) is 1.05. The van der Waals surface area contributed by atoms with Crippen LogP contribution in [0.5, 0.6) is 0 Å². The Morgan fingerprint density at radius 3 is 2.83 bits per heavy atom. The summed E-state index contributed by atoms with van der Waals surface area (Å²) in [5.41, 5.74) is 5.79. The third kappa shape index (κ3) is 2.08. The normalized spacial score (nSPS) is 25.8. The van der Waals surface area contributed by atoms with Gasteiger partial charge in [-0.1, -0.05) is 6.08 Å². The fourth-order valence-corrected chi connectivity index (χ4v) is 1.47. The maximum Gasteiger partial charge on any atom is 0.122 e. The summed E-state index contributed by atoms with van der Waals surface area (Å²) in [6, 6.07) is 0.326. The summed E-state index contributed by atoms with van der Waals surface area (Å²) < 4.78 is 0. The van der Waals surface area contributed by atoms with Crippen LogP contribution in [0.3, 0.4) is 0 Å². The van der Waals surface area contributed by atoms with Gasteiger partial charge in [0.05, 0.1) is 0 Å². The van der Waals surface area contributed by atoms with Crippen LogP contribution < -0.4 is 5.73 Å². The van der Waals surface area contributed by atoms with E-state index in [0.717, 1.165) is 25.3 Å². The lowest BCUT2D eigenvalue weighted by atomic mass is 10.3.